The first-order valence-corrected chi connectivity index (χ1v) is 19.0. The lowest BCUT2D eigenvalue weighted by Crippen LogP contribution is -2.53. The number of amides is 2. The summed E-state index contributed by atoms with van der Waals surface area (Å²) >= 11 is 0. The van der Waals surface area contributed by atoms with Crippen molar-refractivity contribution >= 4 is 11.8 Å². The third-order valence-corrected chi connectivity index (χ3v) is 10.4. The van der Waals surface area contributed by atoms with Gasteiger partial charge in [0.2, 0.25) is 17.6 Å². The zero-order valence-corrected chi connectivity index (χ0v) is 32.7. The Balaban J connectivity index is 1.37. The minimum absolute atomic E-state index is 0.0934. The number of nitrogens with zero attached hydrogens (tertiary/aromatic N) is 2. The second kappa shape index (κ2) is 20.1. The number of benzene rings is 3. The fraction of sp³-hybridized carbons (Fsp3) is 0.524. The number of ether oxygens (including phenoxy) is 7. The van der Waals surface area contributed by atoms with Gasteiger partial charge in [-0.3, -0.25) is 14.5 Å². The van der Waals surface area contributed by atoms with Crippen molar-refractivity contribution in [2.75, 3.05) is 81.5 Å². The first kappa shape index (κ1) is 40.5. The molecule has 3 atom stereocenters. The van der Waals surface area contributed by atoms with E-state index in [0.717, 1.165) is 68.1 Å². The Hall–Kier alpha value is -4.68. The van der Waals surface area contributed by atoms with E-state index >= 15 is 0 Å². The van der Waals surface area contributed by atoms with Crippen LogP contribution in [0, 0.1) is 0 Å². The van der Waals surface area contributed by atoms with Crippen LogP contribution in [0.4, 0.5) is 0 Å². The van der Waals surface area contributed by atoms with Crippen molar-refractivity contribution in [3.05, 3.63) is 71.3 Å². The molecule has 2 aliphatic heterocycles. The second-order valence-electron chi connectivity index (χ2n) is 13.6. The van der Waals surface area contributed by atoms with Gasteiger partial charge in [0.25, 0.3) is 0 Å². The fourth-order valence-corrected chi connectivity index (χ4v) is 7.40. The van der Waals surface area contributed by atoms with Crippen LogP contribution in [0.3, 0.4) is 0 Å². The summed E-state index contributed by atoms with van der Waals surface area (Å²) in [5, 5.41) is 3.37. The average Bonchev–Trinajstić information content (AvgIpc) is 3.22. The van der Waals surface area contributed by atoms with Gasteiger partial charge in [0.15, 0.2) is 23.0 Å². The number of hydrogen-bond acceptors (Lipinski definition) is 10. The molecule has 0 saturated carbocycles. The van der Waals surface area contributed by atoms with Crippen molar-refractivity contribution in [2.45, 2.75) is 63.5 Å². The molecule has 12 heteroatoms. The van der Waals surface area contributed by atoms with Crippen molar-refractivity contribution in [1.29, 1.82) is 0 Å². The lowest BCUT2D eigenvalue weighted by molar-refractivity contribution is -0.143. The lowest BCUT2D eigenvalue weighted by atomic mass is 9.91. The van der Waals surface area contributed by atoms with Crippen LogP contribution < -0.4 is 33.7 Å². The molecule has 3 aromatic rings. The summed E-state index contributed by atoms with van der Waals surface area (Å²) in [5.74, 6) is 2.73. The van der Waals surface area contributed by atoms with Crippen LogP contribution in [0.25, 0.3) is 0 Å². The molecule has 12 nitrogen and oxygen atoms in total. The molecule has 0 aliphatic carbocycles. The number of rotatable bonds is 18. The van der Waals surface area contributed by atoms with Crippen molar-refractivity contribution in [2.24, 2.45) is 0 Å². The highest BCUT2D eigenvalue weighted by molar-refractivity contribution is 5.91. The number of aryl methyl sites for hydroxylation is 1. The zero-order chi connectivity index (χ0) is 38.5. The van der Waals surface area contributed by atoms with Gasteiger partial charge in [-0.05, 0) is 91.6 Å². The summed E-state index contributed by atoms with van der Waals surface area (Å²) in [5.41, 5.74) is 2.74. The first-order valence-electron chi connectivity index (χ1n) is 19.0. The Morgan fingerprint density at radius 2 is 1.54 bits per heavy atom. The highest BCUT2D eigenvalue weighted by atomic mass is 16.5. The monoisotopic (exact) mass is 747 g/mol. The van der Waals surface area contributed by atoms with Gasteiger partial charge in [-0.25, -0.2) is 0 Å². The van der Waals surface area contributed by atoms with Gasteiger partial charge in [0.05, 0.1) is 60.7 Å². The van der Waals surface area contributed by atoms with E-state index in [4.69, 9.17) is 33.2 Å². The molecular formula is C42H57N3O9. The van der Waals surface area contributed by atoms with Crippen molar-refractivity contribution in [1.82, 2.24) is 15.1 Å². The zero-order valence-electron chi connectivity index (χ0n) is 32.7. The van der Waals surface area contributed by atoms with E-state index in [2.05, 4.69) is 10.2 Å². The molecule has 0 bridgehead atoms. The molecule has 1 N–H and O–H groups in total. The van der Waals surface area contributed by atoms with Crippen molar-refractivity contribution in [3.8, 4) is 34.5 Å². The van der Waals surface area contributed by atoms with Gasteiger partial charge in [-0.15, -0.1) is 0 Å². The highest BCUT2D eigenvalue weighted by Gasteiger charge is 2.37. The first-order chi connectivity index (χ1) is 26.3. The number of carbonyl (C=O) groups is 2. The van der Waals surface area contributed by atoms with Gasteiger partial charge >= 0.3 is 0 Å². The number of nitrogens with one attached hydrogen (secondary N) is 1. The van der Waals surface area contributed by atoms with Gasteiger partial charge in [0.1, 0.15) is 18.4 Å². The number of hydrogen-bond donors (Lipinski definition) is 1. The maximum atomic E-state index is 14.4. The number of likely N-dealkylation sites (tertiary alicyclic amines) is 1. The largest absolute Gasteiger partial charge is 0.493 e. The summed E-state index contributed by atoms with van der Waals surface area (Å²) < 4.78 is 39.4. The number of methoxy groups -OCH3 is 5. The quantitative estimate of drug-likeness (QED) is 0.171. The van der Waals surface area contributed by atoms with Crippen LogP contribution in [0.5, 0.6) is 34.5 Å². The van der Waals surface area contributed by atoms with Gasteiger partial charge < -0.3 is 43.4 Å². The van der Waals surface area contributed by atoms with E-state index in [-0.39, 0.29) is 17.9 Å². The van der Waals surface area contributed by atoms with Gasteiger partial charge in [-0.1, -0.05) is 25.1 Å². The van der Waals surface area contributed by atoms with E-state index < -0.39 is 12.0 Å². The van der Waals surface area contributed by atoms with Crippen LogP contribution in [-0.2, 0) is 20.7 Å². The Morgan fingerprint density at radius 1 is 0.815 bits per heavy atom. The molecule has 3 aromatic carbocycles. The van der Waals surface area contributed by atoms with Crippen molar-refractivity contribution < 1.29 is 42.7 Å². The Labute approximate surface area is 319 Å². The molecule has 1 unspecified atom stereocenters. The summed E-state index contributed by atoms with van der Waals surface area (Å²) in [6, 6.07) is 16.5. The molecule has 2 amide bonds. The van der Waals surface area contributed by atoms with E-state index in [1.165, 1.54) is 0 Å². The van der Waals surface area contributed by atoms with Crippen LogP contribution in [0.15, 0.2) is 54.6 Å². The molecule has 0 spiro atoms. The molecule has 294 valence electrons. The molecule has 0 aromatic heterocycles. The second-order valence-corrected chi connectivity index (χ2v) is 13.6. The van der Waals surface area contributed by atoms with E-state index in [1.807, 2.05) is 61.5 Å². The lowest BCUT2D eigenvalue weighted by Gasteiger charge is -2.38. The topological polar surface area (TPSA) is 117 Å². The summed E-state index contributed by atoms with van der Waals surface area (Å²) in [6.07, 6.45) is 4.08. The minimum Gasteiger partial charge on any atom is -0.493 e. The molecule has 0 radical (unpaired) electrons. The summed E-state index contributed by atoms with van der Waals surface area (Å²) in [7, 11) is 7.91. The smallest absolute Gasteiger partial charge is 0.243 e. The number of carbonyl (C=O) groups excluding carboxylic acids is 2. The SMILES string of the molecule is CC[C@@H](C(=O)N1CCCC[C@H]1C(=O)NC(CCc1ccc(OC)c(OC)c1)c1cccc(OCCN2CCOCC2)c1)c1cc(OC)c(OC)c(OC)c1. The Morgan fingerprint density at radius 3 is 2.20 bits per heavy atom. The minimum atomic E-state index is -0.612. The average molecular weight is 748 g/mol. The number of piperidine rings is 1. The molecule has 2 saturated heterocycles. The number of morpholine rings is 1. The third-order valence-electron chi connectivity index (χ3n) is 10.4. The fourth-order valence-electron chi connectivity index (χ4n) is 7.40. The maximum Gasteiger partial charge on any atom is 0.243 e. The van der Waals surface area contributed by atoms with Crippen molar-refractivity contribution in [3.63, 3.8) is 0 Å². The predicted octanol–water partition coefficient (Wildman–Crippen LogP) is 5.81. The van der Waals surface area contributed by atoms with E-state index in [9.17, 15) is 9.59 Å². The van der Waals surface area contributed by atoms with Gasteiger partial charge in [-0.2, -0.15) is 0 Å². The standard InChI is InChI=1S/C42H57N3O9/c1-7-33(31-27-38(50-4)40(52-6)39(28-31)51-5)42(47)45-18-9-8-13-35(45)41(46)43-34(16-14-29-15-17-36(48-2)37(25-29)49-3)30-11-10-12-32(26-30)54-24-21-44-19-22-53-23-20-44/h10-12,15,17,25-28,33-35H,7-9,13-14,16,18-24H2,1-6H3,(H,43,46)/t33-,34?,35+/m1/s1. The molecule has 2 fully saturated rings. The summed E-state index contributed by atoms with van der Waals surface area (Å²) in [6.45, 7) is 7.12. The molecule has 2 aliphatic rings. The predicted molar refractivity (Wildman–Crippen MR) is 206 cm³/mol. The molecular weight excluding hydrogens is 690 g/mol. The molecule has 5 rings (SSSR count). The third kappa shape index (κ3) is 10.1. The molecule has 2 heterocycles. The van der Waals surface area contributed by atoms with E-state index in [0.29, 0.717) is 67.6 Å². The van der Waals surface area contributed by atoms with E-state index in [1.54, 1.807) is 40.4 Å². The Kier molecular flexibility index (Phi) is 15.1. The van der Waals surface area contributed by atoms with Crippen LogP contribution >= 0.6 is 0 Å². The Bertz CT molecular complexity index is 1650. The maximum absolute atomic E-state index is 14.4. The normalized spacial score (nSPS) is 17.2. The summed E-state index contributed by atoms with van der Waals surface area (Å²) in [4.78, 5) is 32.9. The van der Waals surface area contributed by atoms with Crippen LogP contribution in [0.1, 0.15) is 67.7 Å². The molecule has 54 heavy (non-hydrogen) atoms. The van der Waals surface area contributed by atoms with Crippen LogP contribution in [-0.4, -0.2) is 109 Å². The van der Waals surface area contributed by atoms with Crippen LogP contribution in [0.2, 0.25) is 0 Å². The highest BCUT2D eigenvalue weighted by Crippen LogP contribution is 2.41. The van der Waals surface area contributed by atoms with Gasteiger partial charge in [0, 0.05) is 26.2 Å².